The number of halogens is 1. The lowest BCUT2D eigenvalue weighted by atomic mass is 9.82. The molecule has 8 nitrogen and oxygen atoms in total. The van der Waals surface area contributed by atoms with Crippen molar-refractivity contribution < 1.29 is 19.4 Å². The van der Waals surface area contributed by atoms with E-state index in [4.69, 9.17) is 16.3 Å². The highest BCUT2D eigenvalue weighted by Gasteiger charge is 2.29. The zero-order chi connectivity index (χ0) is 25.4. The van der Waals surface area contributed by atoms with Crippen LogP contribution in [0.2, 0.25) is 5.02 Å². The molecule has 0 saturated heterocycles. The van der Waals surface area contributed by atoms with Crippen LogP contribution in [0.15, 0.2) is 54.6 Å². The number of hydrogen-bond acceptors (Lipinski definition) is 5. The van der Waals surface area contributed by atoms with E-state index in [0.717, 1.165) is 27.8 Å². The third-order valence-electron chi connectivity index (χ3n) is 6.76. The Morgan fingerprint density at radius 3 is 2.72 bits per heavy atom. The van der Waals surface area contributed by atoms with Gasteiger partial charge >= 0.3 is 5.97 Å². The highest BCUT2D eigenvalue weighted by molar-refractivity contribution is 6.33. The molecule has 0 aliphatic carbocycles. The van der Waals surface area contributed by atoms with Crippen LogP contribution in [0.25, 0.3) is 11.0 Å². The molecule has 0 fully saturated rings. The Bertz CT molecular complexity index is 1480. The predicted octanol–water partition coefficient (Wildman–Crippen LogP) is 4.44. The molecule has 0 spiro atoms. The third-order valence-corrected chi connectivity index (χ3v) is 7.09. The van der Waals surface area contributed by atoms with E-state index in [9.17, 15) is 14.7 Å². The summed E-state index contributed by atoms with van der Waals surface area (Å²) in [7, 11) is 3.36. The van der Waals surface area contributed by atoms with Crippen molar-refractivity contribution in [2.75, 3.05) is 13.7 Å². The van der Waals surface area contributed by atoms with E-state index in [0.29, 0.717) is 41.4 Å². The second-order valence-electron chi connectivity index (χ2n) is 8.90. The molecule has 1 aromatic heterocycles. The van der Waals surface area contributed by atoms with E-state index >= 15 is 0 Å². The zero-order valence-electron chi connectivity index (χ0n) is 19.9. The number of carboxylic acids is 1. The second-order valence-corrected chi connectivity index (χ2v) is 9.30. The fourth-order valence-corrected chi connectivity index (χ4v) is 5.27. The van der Waals surface area contributed by atoms with Crippen molar-refractivity contribution in [3.63, 3.8) is 0 Å². The van der Waals surface area contributed by atoms with E-state index in [1.165, 1.54) is 0 Å². The van der Waals surface area contributed by atoms with Gasteiger partial charge in [0.1, 0.15) is 16.8 Å². The number of rotatable bonds is 6. The Labute approximate surface area is 213 Å². The van der Waals surface area contributed by atoms with Crippen molar-refractivity contribution in [3.05, 3.63) is 87.4 Å². The van der Waals surface area contributed by atoms with Gasteiger partial charge < -0.3 is 14.7 Å². The molecule has 9 heteroatoms. The minimum absolute atomic E-state index is 0.0896. The quantitative estimate of drug-likeness (QED) is 0.417. The molecule has 0 saturated carbocycles. The van der Waals surface area contributed by atoms with E-state index in [2.05, 4.69) is 10.3 Å². The summed E-state index contributed by atoms with van der Waals surface area (Å²) in [5.41, 5.74) is 5.68. The van der Waals surface area contributed by atoms with Gasteiger partial charge in [0.2, 0.25) is 0 Å². The van der Waals surface area contributed by atoms with Crippen molar-refractivity contribution >= 4 is 34.5 Å². The first-order valence-electron chi connectivity index (χ1n) is 11.6. The number of hydrogen-bond donors (Lipinski definition) is 1. The molecule has 1 aliphatic rings. The fraction of sp³-hybridized carbons (Fsp3) is 0.259. The van der Waals surface area contributed by atoms with E-state index in [1.54, 1.807) is 48.0 Å². The fourth-order valence-electron chi connectivity index (χ4n) is 5.06. The van der Waals surface area contributed by atoms with Crippen LogP contribution in [-0.4, -0.2) is 50.5 Å². The standard InChI is InChI=1S/C27H25ClN4O4/c1-31-26-23(29-30-31)12-17(13-24(26)36-2)21(14-25(33)34)19-8-5-6-16-15-32(11-10-18(16)19)27(35)20-7-3-4-9-22(20)28/h3-9,12-13,21H,10-11,14-15H2,1-2H3,(H,33,34). The van der Waals surface area contributed by atoms with Crippen molar-refractivity contribution in [2.45, 2.75) is 25.3 Å². The number of benzene rings is 3. The maximum absolute atomic E-state index is 13.1. The molecule has 0 radical (unpaired) electrons. The molecule has 1 amide bonds. The molecule has 2 heterocycles. The monoisotopic (exact) mass is 504 g/mol. The molecule has 36 heavy (non-hydrogen) atoms. The van der Waals surface area contributed by atoms with Gasteiger partial charge in [-0.05, 0) is 52.9 Å². The van der Waals surface area contributed by atoms with Crippen LogP contribution in [0, 0.1) is 0 Å². The average Bonchev–Trinajstić information content (AvgIpc) is 3.26. The minimum Gasteiger partial charge on any atom is -0.494 e. The van der Waals surface area contributed by atoms with Gasteiger partial charge in [0.05, 0.1) is 24.1 Å². The second kappa shape index (κ2) is 9.62. The summed E-state index contributed by atoms with van der Waals surface area (Å²) in [6.07, 6.45) is 0.524. The van der Waals surface area contributed by atoms with E-state index in [-0.39, 0.29) is 12.3 Å². The normalized spacial score (nSPS) is 13.9. The SMILES string of the molecule is COc1cc(C(CC(=O)O)c2cccc3c2CCN(C(=O)c2ccccc2Cl)C3)cc2nnn(C)c12. The molecule has 4 aromatic rings. The molecular formula is C27H25ClN4O4. The zero-order valence-corrected chi connectivity index (χ0v) is 20.7. The van der Waals surface area contributed by atoms with Crippen LogP contribution in [0.5, 0.6) is 5.75 Å². The number of carbonyl (C=O) groups excluding carboxylic acids is 1. The Morgan fingerprint density at radius 1 is 1.17 bits per heavy atom. The van der Waals surface area contributed by atoms with Gasteiger partial charge in [-0.25, -0.2) is 4.68 Å². The predicted molar refractivity (Wildman–Crippen MR) is 135 cm³/mol. The molecule has 3 aromatic carbocycles. The summed E-state index contributed by atoms with van der Waals surface area (Å²) in [6.45, 7) is 0.944. The molecule has 5 rings (SSSR count). The molecule has 0 bridgehead atoms. The number of carboxylic acid groups (broad SMARTS) is 1. The summed E-state index contributed by atoms with van der Waals surface area (Å²) in [4.78, 5) is 26.9. The van der Waals surface area contributed by atoms with E-state index < -0.39 is 11.9 Å². The van der Waals surface area contributed by atoms with Crippen LogP contribution >= 0.6 is 11.6 Å². The number of aryl methyl sites for hydroxylation is 1. The number of methoxy groups -OCH3 is 1. The number of fused-ring (bicyclic) bond motifs is 2. The van der Waals surface area contributed by atoms with Gasteiger partial charge in [-0.15, -0.1) is 5.10 Å². The Kier molecular flexibility index (Phi) is 6.36. The maximum Gasteiger partial charge on any atom is 0.304 e. The lowest BCUT2D eigenvalue weighted by Crippen LogP contribution is -2.36. The number of carbonyl (C=O) groups is 2. The summed E-state index contributed by atoms with van der Waals surface area (Å²) < 4.78 is 7.24. The molecular weight excluding hydrogens is 480 g/mol. The first-order chi connectivity index (χ1) is 17.4. The Balaban J connectivity index is 1.54. The van der Waals surface area contributed by atoms with Gasteiger partial charge in [0, 0.05) is 26.1 Å². The average molecular weight is 505 g/mol. The number of aliphatic carboxylic acids is 1. The summed E-state index contributed by atoms with van der Waals surface area (Å²) in [5, 5.41) is 18.5. The maximum atomic E-state index is 13.1. The largest absolute Gasteiger partial charge is 0.494 e. The van der Waals surface area contributed by atoms with Crippen molar-refractivity contribution in [1.29, 1.82) is 0 Å². The first kappa shape index (κ1) is 23.8. The molecule has 184 valence electrons. The van der Waals surface area contributed by atoms with Crippen molar-refractivity contribution in [1.82, 2.24) is 19.9 Å². The number of amides is 1. The number of aromatic nitrogens is 3. The van der Waals surface area contributed by atoms with Crippen molar-refractivity contribution in [3.8, 4) is 5.75 Å². The minimum atomic E-state index is -0.901. The van der Waals surface area contributed by atoms with Crippen molar-refractivity contribution in [2.24, 2.45) is 7.05 Å². The smallest absolute Gasteiger partial charge is 0.304 e. The van der Waals surface area contributed by atoms with Crippen LogP contribution in [0.3, 0.4) is 0 Å². The Morgan fingerprint density at radius 2 is 1.97 bits per heavy atom. The van der Waals surface area contributed by atoms with Gasteiger partial charge in [-0.1, -0.05) is 47.1 Å². The molecule has 1 unspecified atom stereocenters. The molecule has 1 aliphatic heterocycles. The molecule has 1 N–H and O–H groups in total. The van der Waals surface area contributed by atoms with Crippen LogP contribution < -0.4 is 4.74 Å². The van der Waals surface area contributed by atoms with Gasteiger partial charge in [0.15, 0.2) is 0 Å². The summed E-state index contributed by atoms with van der Waals surface area (Å²) in [6, 6.07) is 16.7. The molecule has 1 atom stereocenters. The van der Waals surface area contributed by atoms with Crippen LogP contribution in [-0.2, 0) is 24.8 Å². The summed E-state index contributed by atoms with van der Waals surface area (Å²) in [5.74, 6) is -0.839. The van der Waals surface area contributed by atoms with Crippen LogP contribution in [0.1, 0.15) is 45.0 Å². The van der Waals surface area contributed by atoms with Gasteiger partial charge in [0.25, 0.3) is 5.91 Å². The highest BCUT2D eigenvalue weighted by atomic mass is 35.5. The van der Waals surface area contributed by atoms with Gasteiger partial charge in [-0.2, -0.15) is 0 Å². The number of nitrogens with zero attached hydrogens (tertiary/aromatic N) is 4. The van der Waals surface area contributed by atoms with Gasteiger partial charge in [-0.3, -0.25) is 9.59 Å². The Hall–Kier alpha value is -3.91. The first-order valence-corrected chi connectivity index (χ1v) is 12.0. The number of ether oxygens (including phenoxy) is 1. The topological polar surface area (TPSA) is 97.6 Å². The summed E-state index contributed by atoms with van der Waals surface area (Å²) >= 11 is 6.26. The lowest BCUT2D eigenvalue weighted by molar-refractivity contribution is -0.137. The van der Waals surface area contributed by atoms with Crippen LogP contribution in [0.4, 0.5) is 0 Å². The highest BCUT2D eigenvalue weighted by Crippen LogP contribution is 2.38. The van der Waals surface area contributed by atoms with E-state index in [1.807, 2.05) is 30.3 Å². The lowest BCUT2D eigenvalue weighted by Gasteiger charge is -2.32. The third kappa shape index (κ3) is 4.28.